The van der Waals surface area contributed by atoms with Crippen LogP contribution in [0.2, 0.25) is 0 Å². The summed E-state index contributed by atoms with van der Waals surface area (Å²) >= 11 is 1.38. The normalized spacial score (nSPS) is 18.0. The van der Waals surface area contributed by atoms with E-state index in [1.54, 1.807) is 6.07 Å². The fourth-order valence-electron chi connectivity index (χ4n) is 2.56. The summed E-state index contributed by atoms with van der Waals surface area (Å²) in [5, 5.41) is 3.34. The van der Waals surface area contributed by atoms with Crippen molar-refractivity contribution in [2.45, 2.75) is 75.7 Å². The van der Waals surface area contributed by atoms with E-state index < -0.39 is 10.0 Å². The molecule has 1 saturated carbocycles. The van der Waals surface area contributed by atoms with Crippen molar-refractivity contribution in [2.75, 3.05) is 0 Å². The largest absolute Gasteiger partial charge is 0.310 e. The third kappa shape index (κ3) is 3.86. The van der Waals surface area contributed by atoms with Crippen LogP contribution in [-0.4, -0.2) is 20.0 Å². The predicted octanol–water partition coefficient (Wildman–Crippen LogP) is 3.17. The molecule has 1 aliphatic rings. The molecule has 0 amide bonds. The summed E-state index contributed by atoms with van der Waals surface area (Å²) in [6.45, 7) is 8.93. The van der Waals surface area contributed by atoms with Crippen LogP contribution in [0.15, 0.2) is 10.3 Å². The summed E-state index contributed by atoms with van der Waals surface area (Å²) in [6, 6.07) is 2.19. The van der Waals surface area contributed by atoms with Gasteiger partial charge >= 0.3 is 0 Å². The van der Waals surface area contributed by atoms with Crippen LogP contribution in [-0.2, 0) is 16.6 Å². The molecule has 6 heteroatoms. The van der Waals surface area contributed by atoms with Crippen LogP contribution in [0.3, 0.4) is 0 Å². The molecule has 4 nitrogen and oxygen atoms in total. The standard InChI is InChI=1S/C15H26N2O2S2/c1-5-15(7-6-8-15)17-21(18,19)14-9-12(4)13(20-14)10-16-11(2)3/h9,11,16-17H,5-8,10H2,1-4H3. The van der Waals surface area contributed by atoms with Gasteiger partial charge in [-0.15, -0.1) is 11.3 Å². The molecular formula is C15H26N2O2S2. The zero-order valence-electron chi connectivity index (χ0n) is 13.3. The summed E-state index contributed by atoms with van der Waals surface area (Å²) in [5.41, 5.74) is 0.847. The summed E-state index contributed by atoms with van der Waals surface area (Å²) in [5.74, 6) is 0. The highest BCUT2D eigenvalue weighted by Gasteiger charge is 2.39. The molecule has 0 spiro atoms. The second-order valence-corrected chi connectivity index (χ2v) is 9.35. The van der Waals surface area contributed by atoms with E-state index in [0.717, 1.165) is 42.7 Å². The molecule has 120 valence electrons. The van der Waals surface area contributed by atoms with E-state index in [2.05, 4.69) is 30.8 Å². The molecule has 1 fully saturated rings. The smallest absolute Gasteiger partial charge is 0.250 e. The van der Waals surface area contributed by atoms with E-state index in [9.17, 15) is 8.42 Å². The lowest BCUT2D eigenvalue weighted by atomic mass is 9.76. The fraction of sp³-hybridized carbons (Fsp3) is 0.733. The van der Waals surface area contributed by atoms with Gasteiger partial charge in [-0.05, 0) is 44.2 Å². The van der Waals surface area contributed by atoms with Crippen LogP contribution in [0.1, 0.15) is 56.9 Å². The van der Waals surface area contributed by atoms with Crippen LogP contribution in [0, 0.1) is 6.92 Å². The van der Waals surface area contributed by atoms with Crippen molar-refractivity contribution in [1.29, 1.82) is 0 Å². The van der Waals surface area contributed by atoms with E-state index in [1.807, 2.05) is 6.92 Å². The van der Waals surface area contributed by atoms with Gasteiger partial charge in [-0.2, -0.15) is 0 Å². The topological polar surface area (TPSA) is 58.2 Å². The molecule has 0 aliphatic heterocycles. The summed E-state index contributed by atoms with van der Waals surface area (Å²) in [6.07, 6.45) is 3.88. The van der Waals surface area contributed by atoms with Crippen molar-refractivity contribution in [1.82, 2.24) is 10.0 Å². The maximum Gasteiger partial charge on any atom is 0.250 e. The lowest BCUT2D eigenvalue weighted by Crippen LogP contribution is -2.52. The van der Waals surface area contributed by atoms with Gasteiger partial charge in [0.25, 0.3) is 10.0 Å². The third-order valence-electron chi connectivity index (χ3n) is 4.27. The first-order valence-electron chi connectivity index (χ1n) is 7.65. The zero-order chi connectivity index (χ0) is 15.7. The Morgan fingerprint density at radius 2 is 2.05 bits per heavy atom. The quantitative estimate of drug-likeness (QED) is 0.807. The molecular weight excluding hydrogens is 304 g/mol. The van der Waals surface area contributed by atoms with Crippen molar-refractivity contribution in [3.63, 3.8) is 0 Å². The minimum absolute atomic E-state index is 0.201. The Morgan fingerprint density at radius 1 is 1.38 bits per heavy atom. The summed E-state index contributed by atoms with van der Waals surface area (Å²) in [4.78, 5) is 1.10. The first-order valence-corrected chi connectivity index (χ1v) is 9.95. The molecule has 1 aliphatic carbocycles. The molecule has 0 unspecified atom stereocenters. The van der Waals surface area contributed by atoms with E-state index in [1.165, 1.54) is 11.3 Å². The third-order valence-corrected chi connectivity index (χ3v) is 7.56. The first-order chi connectivity index (χ1) is 9.78. The lowest BCUT2D eigenvalue weighted by Gasteiger charge is -2.41. The molecule has 1 heterocycles. The van der Waals surface area contributed by atoms with Crippen molar-refractivity contribution < 1.29 is 8.42 Å². The lowest BCUT2D eigenvalue weighted by molar-refractivity contribution is 0.214. The Labute approximate surface area is 132 Å². The molecule has 0 saturated heterocycles. The van der Waals surface area contributed by atoms with Gasteiger partial charge < -0.3 is 5.32 Å². The molecule has 1 aromatic rings. The first kappa shape index (κ1) is 16.9. The molecule has 0 radical (unpaired) electrons. The Hall–Kier alpha value is -0.430. The van der Waals surface area contributed by atoms with Crippen LogP contribution < -0.4 is 10.0 Å². The summed E-state index contributed by atoms with van der Waals surface area (Å²) < 4.78 is 28.5. The van der Waals surface area contributed by atoms with Crippen molar-refractivity contribution in [3.05, 3.63) is 16.5 Å². The fourth-order valence-corrected chi connectivity index (χ4v) is 5.63. The van der Waals surface area contributed by atoms with Gasteiger partial charge in [0.05, 0.1) is 0 Å². The highest BCUT2D eigenvalue weighted by molar-refractivity contribution is 7.91. The number of aryl methyl sites for hydroxylation is 1. The summed E-state index contributed by atoms with van der Waals surface area (Å²) in [7, 11) is -3.39. The average Bonchev–Trinajstić information content (AvgIpc) is 2.74. The highest BCUT2D eigenvalue weighted by atomic mass is 32.2. The van der Waals surface area contributed by atoms with E-state index in [4.69, 9.17) is 0 Å². The highest BCUT2D eigenvalue weighted by Crippen LogP contribution is 2.37. The van der Waals surface area contributed by atoms with Crippen molar-refractivity contribution >= 4 is 21.4 Å². The SMILES string of the molecule is CCC1(NS(=O)(=O)c2cc(C)c(CNC(C)C)s2)CCC1. The van der Waals surface area contributed by atoms with Crippen LogP contribution in [0.25, 0.3) is 0 Å². The monoisotopic (exact) mass is 330 g/mol. The second kappa shape index (κ2) is 6.36. The Kier molecular flexibility index (Phi) is 5.13. The van der Waals surface area contributed by atoms with Gasteiger partial charge in [0.2, 0.25) is 0 Å². The van der Waals surface area contributed by atoms with Gasteiger partial charge in [0, 0.05) is 23.0 Å². The second-order valence-electron chi connectivity index (χ2n) is 6.30. The maximum atomic E-state index is 12.6. The zero-order valence-corrected chi connectivity index (χ0v) is 15.0. The predicted molar refractivity (Wildman–Crippen MR) is 88.2 cm³/mol. The van der Waals surface area contributed by atoms with Gasteiger partial charge in [-0.25, -0.2) is 13.1 Å². The number of hydrogen-bond donors (Lipinski definition) is 2. The van der Waals surface area contributed by atoms with Crippen molar-refractivity contribution in [3.8, 4) is 0 Å². The van der Waals surface area contributed by atoms with Crippen molar-refractivity contribution in [2.24, 2.45) is 0 Å². The van der Waals surface area contributed by atoms with E-state index in [-0.39, 0.29) is 5.54 Å². The Balaban J connectivity index is 2.15. The maximum absolute atomic E-state index is 12.6. The molecule has 0 aromatic carbocycles. The van der Waals surface area contributed by atoms with E-state index >= 15 is 0 Å². The number of rotatable bonds is 7. The molecule has 0 atom stereocenters. The Bertz CT molecular complexity index is 581. The van der Waals surface area contributed by atoms with E-state index in [0.29, 0.717) is 10.3 Å². The minimum Gasteiger partial charge on any atom is -0.310 e. The number of sulfonamides is 1. The molecule has 21 heavy (non-hydrogen) atoms. The average molecular weight is 331 g/mol. The minimum atomic E-state index is -3.39. The number of thiophene rings is 1. The van der Waals surface area contributed by atoms with Gasteiger partial charge in [0.1, 0.15) is 4.21 Å². The van der Waals surface area contributed by atoms with Crippen LogP contribution in [0.5, 0.6) is 0 Å². The van der Waals surface area contributed by atoms with Gasteiger partial charge in [-0.1, -0.05) is 20.8 Å². The molecule has 2 rings (SSSR count). The number of hydrogen-bond acceptors (Lipinski definition) is 4. The molecule has 1 aromatic heterocycles. The molecule has 0 bridgehead atoms. The number of nitrogens with one attached hydrogen (secondary N) is 2. The van der Waals surface area contributed by atoms with Gasteiger partial charge in [0.15, 0.2) is 0 Å². The van der Waals surface area contributed by atoms with Crippen LogP contribution in [0.4, 0.5) is 0 Å². The Morgan fingerprint density at radius 3 is 2.52 bits per heavy atom. The molecule has 2 N–H and O–H groups in total. The van der Waals surface area contributed by atoms with Crippen LogP contribution >= 0.6 is 11.3 Å². The van der Waals surface area contributed by atoms with Gasteiger partial charge in [-0.3, -0.25) is 0 Å².